The smallest absolute Gasteiger partial charge is 0.137 e. The number of aliphatic hydroxyl groups is 1. The minimum atomic E-state index is -0.702. The van der Waals surface area contributed by atoms with Crippen LogP contribution in [0.3, 0.4) is 0 Å². The molecule has 0 saturated heterocycles. The summed E-state index contributed by atoms with van der Waals surface area (Å²) in [6.45, 7) is 0. The molecule has 4 heteroatoms. The zero-order valence-electron chi connectivity index (χ0n) is 9.68. The maximum atomic E-state index is 10.3. The number of aliphatic hydroxyl groups excluding tert-OH is 1. The monoisotopic (exact) mass is 262 g/mol. The van der Waals surface area contributed by atoms with Gasteiger partial charge >= 0.3 is 0 Å². The SMILES string of the molecule is COc1ccc2c(c1)Oc1cc(Cl)ccc1C2O. The van der Waals surface area contributed by atoms with Crippen molar-refractivity contribution in [2.24, 2.45) is 0 Å². The average molecular weight is 263 g/mol. The number of hydrogen-bond acceptors (Lipinski definition) is 3. The van der Waals surface area contributed by atoms with Crippen molar-refractivity contribution < 1.29 is 14.6 Å². The second kappa shape index (κ2) is 4.19. The molecule has 0 fully saturated rings. The van der Waals surface area contributed by atoms with E-state index in [4.69, 9.17) is 21.1 Å². The number of fused-ring (bicyclic) bond motifs is 2. The molecular formula is C14H11ClO3. The zero-order valence-corrected chi connectivity index (χ0v) is 10.4. The van der Waals surface area contributed by atoms with E-state index in [-0.39, 0.29) is 0 Å². The van der Waals surface area contributed by atoms with Gasteiger partial charge in [0.1, 0.15) is 23.4 Å². The molecule has 1 aliphatic rings. The van der Waals surface area contributed by atoms with Crippen molar-refractivity contribution in [2.75, 3.05) is 7.11 Å². The molecule has 0 spiro atoms. The van der Waals surface area contributed by atoms with E-state index in [1.54, 1.807) is 43.5 Å². The Morgan fingerprint density at radius 1 is 1.11 bits per heavy atom. The van der Waals surface area contributed by atoms with Gasteiger partial charge in [0.2, 0.25) is 0 Å². The second-order valence-electron chi connectivity index (χ2n) is 4.09. The van der Waals surface area contributed by atoms with Crippen LogP contribution in [0, 0.1) is 0 Å². The highest BCUT2D eigenvalue weighted by Gasteiger charge is 2.25. The molecule has 1 atom stereocenters. The van der Waals surface area contributed by atoms with Crippen LogP contribution < -0.4 is 9.47 Å². The minimum absolute atomic E-state index is 0.576. The van der Waals surface area contributed by atoms with Crippen LogP contribution in [-0.4, -0.2) is 12.2 Å². The maximum absolute atomic E-state index is 10.3. The number of hydrogen-bond donors (Lipinski definition) is 1. The fraction of sp³-hybridized carbons (Fsp3) is 0.143. The summed E-state index contributed by atoms with van der Waals surface area (Å²) >= 11 is 5.92. The Kier molecular flexibility index (Phi) is 2.65. The van der Waals surface area contributed by atoms with E-state index in [2.05, 4.69) is 0 Å². The molecule has 0 radical (unpaired) electrons. The molecule has 2 aromatic carbocycles. The van der Waals surface area contributed by atoms with E-state index >= 15 is 0 Å². The largest absolute Gasteiger partial charge is 0.497 e. The lowest BCUT2D eigenvalue weighted by Crippen LogP contribution is -2.09. The second-order valence-corrected chi connectivity index (χ2v) is 4.53. The van der Waals surface area contributed by atoms with Gasteiger partial charge in [-0.15, -0.1) is 0 Å². The molecular weight excluding hydrogens is 252 g/mol. The minimum Gasteiger partial charge on any atom is -0.497 e. The van der Waals surface area contributed by atoms with E-state index < -0.39 is 6.10 Å². The van der Waals surface area contributed by atoms with Crippen molar-refractivity contribution in [3.63, 3.8) is 0 Å². The highest BCUT2D eigenvalue weighted by atomic mass is 35.5. The number of benzene rings is 2. The topological polar surface area (TPSA) is 38.7 Å². The van der Waals surface area contributed by atoms with Crippen LogP contribution in [0.4, 0.5) is 0 Å². The van der Waals surface area contributed by atoms with Gasteiger partial charge in [0.15, 0.2) is 0 Å². The van der Waals surface area contributed by atoms with Gasteiger partial charge in [-0.3, -0.25) is 0 Å². The van der Waals surface area contributed by atoms with Crippen molar-refractivity contribution in [2.45, 2.75) is 6.10 Å². The van der Waals surface area contributed by atoms with Crippen LogP contribution in [0.2, 0.25) is 5.02 Å². The molecule has 1 N–H and O–H groups in total. The summed E-state index contributed by atoms with van der Waals surface area (Å²) in [6.07, 6.45) is -0.702. The van der Waals surface area contributed by atoms with Gasteiger partial charge in [-0.2, -0.15) is 0 Å². The summed E-state index contributed by atoms with van der Waals surface area (Å²) in [5.41, 5.74) is 1.45. The van der Waals surface area contributed by atoms with E-state index in [0.717, 1.165) is 11.1 Å². The molecule has 2 aromatic rings. The molecule has 0 saturated carbocycles. The lowest BCUT2D eigenvalue weighted by Gasteiger charge is -2.25. The summed E-state index contributed by atoms with van der Waals surface area (Å²) in [7, 11) is 1.59. The van der Waals surface area contributed by atoms with Gasteiger partial charge < -0.3 is 14.6 Å². The van der Waals surface area contributed by atoms with Crippen molar-refractivity contribution in [1.82, 2.24) is 0 Å². The van der Waals surface area contributed by atoms with Crippen LogP contribution in [-0.2, 0) is 0 Å². The van der Waals surface area contributed by atoms with Gasteiger partial charge in [-0.25, -0.2) is 0 Å². The van der Waals surface area contributed by atoms with Gasteiger partial charge in [0.05, 0.1) is 7.11 Å². The highest BCUT2D eigenvalue weighted by molar-refractivity contribution is 6.30. The Morgan fingerprint density at radius 3 is 2.50 bits per heavy atom. The third kappa shape index (κ3) is 1.72. The van der Waals surface area contributed by atoms with Crippen molar-refractivity contribution in [3.05, 3.63) is 52.5 Å². The molecule has 0 aliphatic carbocycles. The van der Waals surface area contributed by atoms with Gasteiger partial charge in [-0.1, -0.05) is 17.7 Å². The fourth-order valence-corrected chi connectivity index (χ4v) is 2.23. The Morgan fingerprint density at radius 2 is 1.78 bits per heavy atom. The Balaban J connectivity index is 2.12. The zero-order chi connectivity index (χ0) is 12.7. The fourth-order valence-electron chi connectivity index (χ4n) is 2.06. The summed E-state index contributed by atoms with van der Waals surface area (Å²) in [5.74, 6) is 1.86. The molecule has 0 amide bonds. The quantitative estimate of drug-likeness (QED) is 0.854. The standard InChI is InChI=1S/C14H11ClO3/c1-17-9-3-5-11-13(7-9)18-12-6-8(15)2-4-10(12)14(11)16/h2-7,14,16H,1H3. The Labute approximate surface area is 110 Å². The molecule has 0 aromatic heterocycles. The molecule has 3 nitrogen and oxygen atoms in total. The van der Waals surface area contributed by atoms with Crippen LogP contribution in [0.15, 0.2) is 36.4 Å². The molecule has 0 bridgehead atoms. The summed E-state index contributed by atoms with van der Waals surface area (Å²) in [4.78, 5) is 0. The van der Waals surface area contributed by atoms with Gasteiger partial charge in [-0.05, 0) is 24.3 Å². The summed E-state index contributed by atoms with van der Waals surface area (Å²) in [5, 5.41) is 10.9. The maximum Gasteiger partial charge on any atom is 0.137 e. The molecule has 1 unspecified atom stereocenters. The molecule has 1 heterocycles. The lowest BCUT2D eigenvalue weighted by atomic mass is 9.97. The first-order valence-electron chi connectivity index (χ1n) is 5.52. The predicted molar refractivity (Wildman–Crippen MR) is 68.6 cm³/mol. The average Bonchev–Trinajstić information content (AvgIpc) is 2.38. The van der Waals surface area contributed by atoms with Gasteiger partial charge in [0.25, 0.3) is 0 Å². The number of rotatable bonds is 1. The molecule has 18 heavy (non-hydrogen) atoms. The van der Waals surface area contributed by atoms with Crippen LogP contribution in [0.25, 0.3) is 0 Å². The van der Waals surface area contributed by atoms with E-state index in [9.17, 15) is 5.11 Å². The number of methoxy groups -OCH3 is 1. The van der Waals surface area contributed by atoms with Crippen LogP contribution in [0.1, 0.15) is 17.2 Å². The van der Waals surface area contributed by atoms with Crippen molar-refractivity contribution >= 4 is 11.6 Å². The predicted octanol–water partition coefficient (Wildman–Crippen LogP) is 3.54. The van der Waals surface area contributed by atoms with Crippen LogP contribution in [0.5, 0.6) is 17.2 Å². The van der Waals surface area contributed by atoms with E-state index in [1.807, 2.05) is 0 Å². The first kappa shape index (κ1) is 11.4. The van der Waals surface area contributed by atoms with Crippen molar-refractivity contribution in [3.8, 4) is 17.2 Å². The molecule has 3 rings (SSSR count). The molecule has 92 valence electrons. The number of ether oxygens (including phenoxy) is 2. The lowest BCUT2D eigenvalue weighted by molar-refractivity contribution is 0.202. The Hall–Kier alpha value is -1.71. The van der Waals surface area contributed by atoms with E-state index in [0.29, 0.717) is 22.3 Å². The third-order valence-electron chi connectivity index (χ3n) is 3.01. The summed E-state index contributed by atoms with van der Waals surface area (Å²) in [6, 6.07) is 10.6. The Bertz CT molecular complexity index is 610. The van der Waals surface area contributed by atoms with E-state index in [1.165, 1.54) is 0 Å². The van der Waals surface area contributed by atoms with Crippen molar-refractivity contribution in [1.29, 1.82) is 0 Å². The summed E-state index contributed by atoms with van der Waals surface area (Å²) < 4.78 is 10.9. The van der Waals surface area contributed by atoms with Crippen LogP contribution >= 0.6 is 11.6 Å². The number of halogens is 1. The van der Waals surface area contributed by atoms with Gasteiger partial charge in [0, 0.05) is 22.2 Å². The first-order chi connectivity index (χ1) is 8.69. The highest BCUT2D eigenvalue weighted by Crippen LogP contribution is 2.44. The first-order valence-corrected chi connectivity index (χ1v) is 5.90. The normalized spacial score (nSPS) is 16.5. The molecule has 1 aliphatic heterocycles. The third-order valence-corrected chi connectivity index (χ3v) is 3.24.